The zero-order valence-corrected chi connectivity index (χ0v) is 12.2. The molecule has 3 rings (SSSR count). The molecule has 1 aliphatic heterocycles. The van der Waals surface area contributed by atoms with Crippen LogP contribution in [0.2, 0.25) is 0 Å². The topological polar surface area (TPSA) is 32.8 Å². The summed E-state index contributed by atoms with van der Waals surface area (Å²) in [5.41, 5.74) is 2.14. The monoisotopic (exact) mass is 274 g/mol. The maximum absolute atomic E-state index is 12.1. The molecular weight excluding hydrogens is 252 g/mol. The van der Waals surface area contributed by atoms with Crippen molar-refractivity contribution in [2.45, 2.75) is 25.4 Å². The number of benzene rings is 1. The lowest BCUT2D eigenvalue weighted by molar-refractivity contribution is -0.118. The first kappa shape index (κ1) is 13.4. The summed E-state index contributed by atoms with van der Waals surface area (Å²) in [6.45, 7) is 1.64. The van der Waals surface area contributed by atoms with E-state index in [0.717, 1.165) is 24.5 Å². The van der Waals surface area contributed by atoms with Crippen LogP contribution in [0.5, 0.6) is 0 Å². The Hall–Kier alpha value is -1.55. The second-order valence-electron chi connectivity index (χ2n) is 5.75. The highest BCUT2D eigenvalue weighted by atomic mass is 16.5. The average Bonchev–Trinajstić information content (AvgIpc) is 3.31. The Morgan fingerprint density at radius 3 is 2.65 bits per heavy atom. The molecule has 1 aromatic carbocycles. The van der Waals surface area contributed by atoms with Gasteiger partial charge in [-0.25, -0.2) is 0 Å². The molecule has 1 aromatic rings. The lowest BCUT2D eigenvalue weighted by Gasteiger charge is -2.29. The minimum Gasteiger partial charge on any atom is -0.379 e. The van der Waals surface area contributed by atoms with Crippen molar-refractivity contribution in [2.75, 3.05) is 37.0 Å². The molecule has 20 heavy (non-hydrogen) atoms. The molecule has 1 atom stereocenters. The summed E-state index contributed by atoms with van der Waals surface area (Å²) in [5.74, 6) is 0.879. The highest BCUT2D eigenvalue weighted by molar-refractivity contribution is 5.98. The van der Waals surface area contributed by atoms with E-state index < -0.39 is 0 Å². The van der Waals surface area contributed by atoms with Crippen LogP contribution in [0.25, 0.3) is 0 Å². The third-order valence-corrected chi connectivity index (χ3v) is 4.40. The van der Waals surface area contributed by atoms with Crippen molar-refractivity contribution < 1.29 is 9.53 Å². The Kier molecular flexibility index (Phi) is 3.66. The second kappa shape index (κ2) is 5.44. The zero-order chi connectivity index (χ0) is 14.1. The van der Waals surface area contributed by atoms with E-state index in [4.69, 9.17) is 4.74 Å². The van der Waals surface area contributed by atoms with Crippen LogP contribution in [0.3, 0.4) is 0 Å². The summed E-state index contributed by atoms with van der Waals surface area (Å²) in [4.78, 5) is 16.2. The smallest absolute Gasteiger partial charge is 0.228 e. The molecule has 1 amide bonds. The number of carbonyl (C=O) groups is 1. The van der Waals surface area contributed by atoms with E-state index in [1.165, 1.54) is 12.8 Å². The Balaban J connectivity index is 1.87. The molecule has 2 aliphatic rings. The maximum atomic E-state index is 12.1. The van der Waals surface area contributed by atoms with Gasteiger partial charge in [0.1, 0.15) is 0 Å². The van der Waals surface area contributed by atoms with Gasteiger partial charge in [0.2, 0.25) is 5.91 Å². The predicted molar refractivity (Wildman–Crippen MR) is 80.2 cm³/mol. The molecular formula is C16H22N2O2. The largest absolute Gasteiger partial charge is 0.379 e. The highest BCUT2D eigenvalue weighted by Crippen LogP contribution is 2.37. The Bertz CT molecular complexity index is 499. The Morgan fingerprint density at radius 1 is 1.30 bits per heavy atom. The lowest BCUT2D eigenvalue weighted by Crippen LogP contribution is -2.35. The van der Waals surface area contributed by atoms with Crippen LogP contribution in [0.1, 0.15) is 19.3 Å². The fraction of sp³-hybridized carbons (Fsp3) is 0.562. The maximum Gasteiger partial charge on any atom is 0.228 e. The van der Waals surface area contributed by atoms with Crippen molar-refractivity contribution in [2.24, 2.45) is 5.92 Å². The van der Waals surface area contributed by atoms with Gasteiger partial charge in [-0.3, -0.25) is 4.79 Å². The number of anilines is 2. The number of hydrogen-bond acceptors (Lipinski definition) is 3. The van der Waals surface area contributed by atoms with Gasteiger partial charge < -0.3 is 14.5 Å². The van der Waals surface area contributed by atoms with E-state index in [1.807, 2.05) is 25.2 Å². The van der Waals surface area contributed by atoms with Crippen molar-refractivity contribution in [3.63, 3.8) is 0 Å². The second-order valence-corrected chi connectivity index (χ2v) is 5.75. The third kappa shape index (κ3) is 2.52. The molecule has 0 saturated heterocycles. The first-order chi connectivity index (χ1) is 9.70. The van der Waals surface area contributed by atoms with Crippen molar-refractivity contribution in [3.8, 4) is 0 Å². The highest BCUT2D eigenvalue weighted by Gasteiger charge is 2.34. The number of fused-ring (bicyclic) bond motifs is 1. The fourth-order valence-electron chi connectivity index (χ4n) is 2.96. The molecule has 4 nitrogen and oxygen atoms in total. The minimum atomic E-state index is 0.181. The molecule has 1 fully saturated rings. The van der Waals surface area contributed by atoms with Gasteiger partial charge in [0.15, 0.2) is 0 Å². The van der Waals surface area contributed by atoms with Crippen molar-refractivity contribution in [3.05, 3.63) is 24.3 Å². The van der Waals surface area contributed by atoms with E-state index in [0.29, 0.717) is 12.3 Å². The quantitative estimate of drug-likeness (QED) is 0.844. The van der Waals surface area contributed by atoms with E-state index in [1.54, 1.807) is 12.0 Å². The fourth-order valence-corrected chi connectivity index (χ4v) is 2.96. The summed E-state index contributed by atoms with van der Waals surface area (Å²) >= 11 is 0. The average molecular weight is 274 g/mol. The van der Waals surface area contributed by atoms with Crippen LogP contribution >= 0.6 is 0 Å². The third-order valence-electron chi connectivity index (χ3n) is 4.40. The number of hydrogen-bond donors (Lipinski definition) is 0. The van der Waals surface area contributed by atoms with Crippen molar-refractivity contribution >= 4 is 17.3 Å². The molecule has 1 aliphatic carbocycles. The Labute approximate surface area is 120 Å². The molecule has 1 heterocycles. The molecule has 0 bridgehead atoms. The van der Waals surface area contributed by atoms with Crippen LogP contribution in [-0.4, -0.2) is 39.3 Å². The van der Waals surface area contributed by atoms with Crippen molar-refractivity contribution in [1.82, 2.24) is 0 Å². The number of nitrogens with zero attached hydrogens (tertiary/aromatic N) is 2. The molecule has 0 aromatic heterocycles. The zero-order valence-electron chi connectivity index (χ0n) is 12.2. The minimum absolute atomic E-state index is 0.181. The van der Waals surface area contributed by atoms with Crippen LogP contribution in [0.4, 0.5) is 11.4 Å². The molecule has 0 N–H and O–H groups in total. The number of para-hydroxylation sites is 2. The first-order valence-electron chi connectivity index (χ1n) is 7.34. The normalized spacial score (nSPS) is 20.6. The predicted octanol–water partition coefficient (Wildman–Crippen LogP) is 2.28. The van der Waals surface area contributed by atoms with Gasteiger partial charge in [-0.05, 0) is 30.9 Å². The summed E-state index contributed by atoms with van der Waals surface area (Å²) in [5, 5.41) is 0. The molecule has 0 spiro atoms. The van der Waals surface area contributed by atoms with Crippen LogP contribution in [0, 0.1) is 5.92 Å². The molecule has 1 saturated carbocycles. The molecule has 1 unspecified atom stereocenters. The van der Waals surface area contributed by atoms with Crippen molar-refractivity contribution in [1.29, 1.82) is 0 Å². The number of amides is 1. The van der Waals surface area contributed by atoms with Gasteiger partial charge in [-0.2, -0.15) is 0 Å². The number of carbonyl (C=O) groups excluding carboxylic acids is 1. The SMILES string of the molecule is COC(CN1CCC(=O)N(C)c2ccccc21)C1CC1. The van der Waals surface area contributed by atoms with Gasteiger partial charge in [-0.15, -0.1) is 0 Å². The van der Waals surface area contributed by atoms with E-state index in [-0.39, 0.29) is 12.0 Å². The van der Waals surface area contributed by atoms with Gasteiger partial charge in [0.25, 0.3) is 0 Å². The van der Waals surface area contributed by atoms with Gasteiger partial charge >= 0.3 is 0 Å². The van der Waals surface area contributed by atoms with Gasteiger partial charge in [-0.1, -0.05) is 12.1 Å². The van der Waals surface area contributed by atoms with Crippen LogP contribution in [0.15, 0.2) is 24.3 Å². The first-order valence-corrected chi connectivity index (χ1v) is 7.34. The van der Waals surface area contributed by atoms with E-state index in [9.17, 15) is 4.79 Å². The van der Waals surface area contributed by atoms with Gasteiger partial charge in [0, 0.05) is 33.7 Å². The van der Waals surface area contributed by atoms with E-state index in [2.05, 4.69) is 11.0 Å². The molecule has 4 heteroatoms. The standard InChI is InChI=1S/C16H22N2O2/c1-17-13-5-3-4-6-14(13)18(10-9-16(17)19)11-15(20-2)12-7-8-12/h3-6,12,15H,7-11H2,1-2H3. The van der Waals surface area contributed by atoms with E-state index >= 15 is 0 Å². The lowest BCUT2D eigenvalue weighted by atomic mass is 10.2. The molecule has 0 radical (unpaired) electrons. The summed E-state index contributed by atoms with van der Waals surface area (Å²) in [7, 11) is 3.66. The summed E-state index contributed by atoms with van der Waals surface area (Å²) in [6, 6.07) is 8.14. The van der Waals surface area contributed by atoms with Crippen LogP contribution in [-0.2, 0) is 9.53 Å². The summed E-state index contributed by atoms with van der Waals surface area (Å²) in [6.07, 6.45) is 3.38. The number of ether oxygens (including phenoxy) is 1. The van der Waals surface area contributed by atoms with Gasteiger partial charge in [0.05, 0.1) is 17.5 Å². The Morgan fingerprint density at radius 2 is 2.00 bits per heavy atom. The number of rotatable bonds is 4. The summed E-state index contributed by atoms with van der Waals surface area (Å²) < 4.78 is 5.65. The van der Waals surface area contributed by atoms with Crippen LogP contribution < -0.4 is 9.80 Å². The molecule has 108 valence electrons. The number of methoxy groups -OCH3 is 1.